The van der Waals surface area contributed by atoms with E-state index in [9.17, 15) is 35.1 Å². The first-order valence-electron chi connectivity index (χ1n) is 22.3. The number of rotatable bonds is 25. The number of nitrogens with one attached hydrogen (secondary N) is 1. The van der Waals surface area contributed by atoms with E-state index in [1.807, 2.05) is 0 Å². The molecule has 0 aromatic heterocycles. The topological polar surface area (TPSA) is 223 Å². The van der Waals surface area contributed by atoms with E-state index in [0.717, 1.165) is 19.3 Å². The van der Waals surface area contributed by atoms with E-state index >= 15 is 0 Å². The van der Waals surface area contributed by atoms with Crippen molar-refractivity contribution >= 4 is 17.3 Å². The lowest BCUT2D eigenvalue weighted by molar-refractivity contribution is -0.245. The Hall–Kier alpha value is -3.63. The number of phenols is 2. The summed E-state index contributed by atoms with van der Waals surface area (Å²) in [6.45, 7) is 3.72. The number of methoxy groups -OCH3 is 1. The van der Waals surface area contributed by atoms with Gasteiger partial charge >= 0.3 is 0 Å². The van der Waals surface area contributed by atoms with E-state index in [-0.39, 0.29) is 53.3 Å². The number of unbranched alkanes of at least 4 members (excludes halogenated alkanes) is 15. The van der Waals surface area contributed by atoms with Gasteiger partial charge in [-0.1, -0.05) is 115 Å². The Labute approximate surface area is 354 Å². The van der Waals surface area contributed by atoms with Gasteiger partial charge in [-0.05, 0) is 19.4 Å². The molecule has 0 amide bonds. The zero-order chi connectivity index (χ0) is 43.2. The first-order chi connectivity index (χ1) is 29.0. The van der Waals surface area contributed by atoms with E-state index < -0.39 is 83.5 Å². The number of aliphatic hydroxyl groups excluding tert-OH is 2. The van der Waals surface area contributed by atoms with Gasteiger partial charge in [-0.3, -0.25) is 15.0 Å². The van der Waals surface area contributed by atoms with Crippen molar-refractivity contribution in [1.29, 1.82) is 0 Å². The quantitative estimate of drug-likeness (QED) is 0.0157. The minimum Gasteiger partial charge on any atom is -0.507 e. The maximum Gasteiger partial charge on any atom is 0.202 e. The van der Waals surface area contributed by atoms with E-state index in [1.54, 1.807) is 13.0 Å². The molecule has 0 unspecified atom stereocenters. The van der Waals surface area contributed by atoms with E-state index in [1.165, 1.54) is 103 Å². The normalized spacial score (nSPS) is 23.9. The molecule has 1 heterocycles. The molecule has 14 nitrogen and oxygen atoms in total. The molecule has 0 bridgehead atoms. The van der Waals surface area contributed by atoms with Gasteiger partial charge in [0.1, 0.15) is 29.6 Å². The zero-order valence-electron chi connectivity index (χ0n) is 35.9. The highest BCUT2D eigenvalue weighted by Crippen LogP contribution is 2.52. The van der Waals surface area contributed by atoms with Gasteiger partial charge in [-0.15, -0.1) is 0 Å². The summed E-state index contributed by atoms with van der Waals surface area (Å²) in [6, 6.07) is 3.78. The fraction of sp³-hybridized carbons (Fsp3) is 0.674. The maximum absolute atomic E-state index is 14.0. The lowest BCUT2D eigenvalue weighted by Gasteiger charge is -2.43. The molecule has 0 spiro atoms. The summed E-state index contributed by atoms with van der Waals surface area (Å²) in [7, 11) is 1.36. The molecule has 1 fully saturated rings. The molecule has 5 rings (SSSR count). The Morgan fingerprint density at radius 2 is 1.50 bits per heavy atom. The molecule has 1 saturated heterocycles. The second-order valence-electron chi connectivity index (χ2n) is 16.8. The standard InChI is InChI=1S/C46H69N3O11/c1-4-5-6-7-8-9-10-11-12-13-14-15-16-17-18-19-23-58-28-48-49-35(27-50)46(56)25-31-38(34(26-46)60-36-24-32(47)41(51)29(2)59-36)45(55)40-39(43(31)53)42(52)30-21-20-22-33(57-3)37(30)44(40)54/h20-22,29,32,34,36,41,48,50-51,53,55-56H,4-19,23-28,47H2,1-3H3/b49-35+/t29-,32-,34-,36-,41+,46-/m0/s1. The Kier molecular flexibility index (Phi) is 18.2. The number of hydrogen-bond donors (Lipinski definition) is 7. The van der Waals surface area contributed by atoms with Gasteiger partial charge in [0.05, 0.1) is 54.4 Å². The van der Waals surface area contributed by atoms with Gasteiger partial charge < -0.3 is 50.2 Å². The molecule has 6 atom stereocenters. The third kappa shape index (κ3) is 11.4. The summed E-state index contributed by atoms with van der Waals surface area (Å²) in [6.07, 6.45) is 15.9. The van der Waals surface area contributed by atoms with Crippen molar-refractivity contribution in [3.05, 3.63) is 51.6 Å². The Bertz CT molecular complexity index is 1760. The summed E-state index contributed by atoms with van der Waals surface area (Å²) in [5.41, 5.74) is 5.87. The maximum atomic E-state index is 14.0. The average molecular weight is 840 g/mol. The van der Waals surface area contributed by atoms with Crippen LogP contribution in [0.15, 0.2) is 23.3 Å². The van der Waals surface area contributed by atoms with Gasteiger partial charge in [-0.2, -0.15) is 5.10 Å². The number of benzene rings is 2. The van der Waals surface area contributed by atoms with Crippen LogP contribution < -0.4 is 15.9 Å². The van der Waals surface area contributed by atoms with Gasteiger partial charge in [-0.25, -0.2) is 0 Å². The zero-order valence-corrected chi connectivity index (χ0v) is 35.9. The molecule has 334 valence electrons. The SMILES string of the molecule is CCCCCCCCCCCCCCCCCCOCN/N=C(\CO)[C@]1(O)Cc2c(O)c3c(c(O)c2[C@@H](O[C@H]2C[C@H](N)[C@H](O)[C@H](C)O2)C1)C(=O)c1c(OC)cccc1C3=O. The lowest BCUT2D eigenvalue weighted by Crippen LogP contribution is -2.53. The minimum atomic E-state index is -1.98. The molecule has 14 heteroatoms. The number of aromatic hydroxyl groups is 2. The van der Waals surface area contributed by atoms with E-state index in [4.69, 9.17) is 24.7 Å². The van der Waals surface area contributed by atoms with Crippen molar-refractivity contribution < 1.29 is 54.1 Å². The summed E-state index contributed by atoms with van der Waals surface area (Å²) in [4.78, 5) is 27.9. The summed E-state index contributed by atoms with van der Waals surface area (Å²) >= 11 is 0. The molecule has 0 radical (unpaired) electrons. The van der Waals surface area contributed by atoms with Gasteiger partial charge in [0.25, 0.3) is 0 Å². The number of hydrazone groups is 1. The van der Waals surface area contributed by atoms with E-state index in [0.29, 0.717) is 6.61 Å². The molecule has 1 aliphatic heterocycles. The fourth-order valence-electron chi connectivity index (χ4n) is 8.89. The third-order valence-corrected chi connectivity index (χ3v) is 12.4. The molecular formula is C46H69N3O11. The molecule has 0 saturated carbocycles. The summed E-state index contributed by atoms with van der Waals surface area (Å²) in [5, 5.41) is 61.1. The van der Waals surface area contributed by atoms with Crippen LogP contribution in [0.1, 0.15) is 178 Å². The van der Waals surface area contributed by atoms with Crippen LogP contribution in [0.2, 0.25) is 0 Å². The van der Waals surface area contributed by atoms with Crippen LogP contribution in [-0.2, 0) is 20.6 Å². The molecule has 2 aromatic rings. The predicted molar refractivity (Wildman–Crippen MR) is 228 cm³/mol. The van der Waals surface area contributed by atoms with Crippen molar-refractivity contribution in [3.8, 4) is 17.2 Å². The van der Waals surface area contributed by atoms with E-state index in [2.05, 4.69) is 17.5 Å². The van der Waals surface area contributed by atoms with Crippen molar-refractivity contribution in [3.63, 3.8) is 0 Å². The molecule has 8 N–H and O–H groups in total. The largest absolute Gasteiger partial charge is 0.507 e. The summed E-state index contributed by atoms with van der Waals surface area (Å²) in [5.74, 6) is -2.55. The Morgan fingerprint density at radius 3 is 2.08 bits per heavy atom. The number of nitrogens with zero attached hydrogens (tertiary/aromatic N) is 1. The summed E-state index contributed by atoms with van der Waals surface area (Å²) < 4.78 is 23.3. The number of phenolic OH excluding ortho intramolecular Hbond substituents is 2. The number of hydrogen-bond acceptors (Lipinski definition) is 14. The van der Waals surface area contributed by atoms with Gasteiger partial charge in [0, 0.05) is 48.6 Å². The van der Waals surface area contributed by atoms with Crippen molar-refractivity contribution in [2.45, 2.75) is 172 Å². The smallest absolute Gasteiger partial charge is 0.202 e. The second-order valence-corrected chi connectivity index (χ2v) is 16.8. The predicted octanol–water partition coefficient (Wildman–Crippen LogP) is 6.61. The van der Waals surface area contributed by atoms with Crippen molar-refractivity contribution in [1.82, 2.24) is 5.43 Å². The second kappa shape index (κ2) is 23.0. The lowest BCUT2D eigenvalue weighted by atomic mass is 9.71. The van der Waals surface area contributed by atoms with Crippen LogP contribution in [0.5, 0.6) is 17.2 Å². The number of nitrogens with two attached hydrogens (primary N) is 1. The number of aliphatic hydroxyl groups is 3. The number of carbonyl (C=O) groups excluding carboxylic acids is 2. The number of carbonyl (C=O) groups is 2. The number of ether oxygens (including phenoxy) is 4. The first-order valence-corrected chi connectivity index (χ1v) is 22.3. The van der Waals surface area contributed by atoms with Crippen LogP contribution in [0.3, 0.4) is 0 Å². The highest BCUT2D eigenvalue weighted by Gasteiger charge is 2.49. The highest BCUT2D eigenvalue weighted by atomic mass is 16.7. The van der Waals surface area contributed by atoms with Crippen LogP contribution in [0, 0.1) is 0 Å². The van der Waals surface area contributed by atoms with Gasteiger partial charge in [0.15, 0.2) is 12.1 Å². The van der Waals surface area contributed by atoms with Crippen LogP contribution in [0.25, 0.3) is 0 Å². The van der Waals surface area contributed by atoms with Crippen molar-refractivity contribution in [2.24, 2.45) is 10.8 Å². The Morgan fingerprint density at radius 1 is 0.900 bits per heavy atom. The number of fused-ring (bicyclic) bond motifs is 3. The van der Waals surface area contributed by atoms with Crippen molar-refractivity contribution in [2.75, 3.05) is 27.1 Å². The fourth-order valence-corrected chi connectivity index (χ4v) is 8.89. The van der Waals surface area contributed by atoms with Crippen LogP contribution >= 0.6 is 0 Å². The molecule has 60 heavy (non-hydrogen) atoms. The average Bonchev–Trinajstić information content (AvgIpc) is 3.23. The molecule has 3 aliphatic rings. The Balaban J connectivity index is 1.19. The number of ketones is 2. The van der Waals surface area contributed by atoms with Crippen LogP contribution in [-0.4, -0.2) is 100 Å². The van der Waals surface area contributed by atoms with Gasteiger partial charge in [0.2, 0.25) is 5.78 Å². The van der Waals surface area contributed by atoms with Crippen LogP contribution in [0.4, 0.5) is 0 Å². The molecular weight excluding hydrogens is 771 g/mol. The molecule has 2 aliphatic carbocycles. The highest BCUT2D eigenvalue weighted by molar-refractivity contribution is 6.31. The third-order valence-electron chi connectivity index (χ3n) is 12.4. The first kappa shape index (κ1) is 47.4. The minimum absolute atomic E-state index is 0.0149. The monoisotopic (exact) mass is 839 g/mol. The molecule has 2 aromatic carbocycles.